The maximum Gasteiger partial charge on any atom is 1.00 e. The van der Waals surface area contributed by atoms with E-state index in [0.717, 1.165) is 0 Å². The first-order valence-corrected chi connectivity index (χ1v) is 4.29. The molecular formula is C6H8BClF3KO. The third kappa shape index (κ3) is 3.50. The number of alkyl halides is 1. The van der Waals surface area contributed by atoms with E-state index < -0.39 is 18.7 Å². The number of carbonyl (C=O) groups excluding carboxylic acids is 1. The molecule has 0 amide bonds. The Kier molecular flexibility index (Phi) is 6.13. The Labute approximate surface area is 122 Å². The van der Waals surface area contributed by atoms with Crippen molar-refractivity contribution in [2.75, 3.05) is 5.88 Å². The Morgan fingerprint density at radius 1 is 1.46 bits per heavy atom. The van der Waals surface area contributed by atoms with Crippen molar-refractivity contribution >= 4 is 24.4 Å². The number of hydrogen-bond donors (Lipinski definition) is 0. The second-order valence-corrected chi connectivity index (χ2v) is 3.42. The van der Waals surface area contributed by atoms with Gasteiger partial charge in [-0.1, -0.05) is 5.82 Å². The summed E-state index contributed by atoms with van der Waals surface area (Å²) in [6.07, 6.45) is -0.169. The van der Waals surface area contributed by atoms with Crippen molar-refractivity contribution in [3.05, 3.63) is 0 Å². The summed E-state index contributed by atoms with van der Waals surface area (Å²) in [6, 6.07) is 0. The molecule has 0 aromatic heterocycles. The van der Waals surface area contributed by atoms with Gasteiger partial charge in [0.15, 0.2) is 0 Å². The Hall–Kier alpha value is 1.45. The van der Waals surface area contributed by atoms with Crippen LogP contribution in [0.2, 0.25) is 5.82 Å². The zero-order chi connectivity index (χ0) is 9.35. The van der Waals surface area contributed by atoms with Crippen molar-refractivity contribution in [3.8, 4) is 0 Å². The van der Waals surface area contributed by atoms with Crippen LogP contribution in [0.3, 0.4) is 0 Å². The molecule has 0 aliphatic heterocycles. The van der Waals surface area contributed by atoms with Gasteiger partial charge in [0.25, 0.3) is 0 Å². The fourth-order valence-corrected chi connectivity index (χ4v) is 1.73. The summed E-state index contributed by atoms with van der Waals surface area (Å²) in [5.74, 6) is -2.39. The molecule has 1 fully saturated rings. The molecule has 1 aliphatic rings. The summed E-state index contributed by atoms with van der Waals surface area (Å²) in [5.41, 5.74) is 0. The molecule has 13 heavy (non-hydrogen) atoms. The van der Waals surface area contributed by atoms with Crippen LogP contribution in [0.25, 0.3) is 0 Å². The SMILES string of the molecule is O=C1CC([B-](F)(F)F)C1CCCl.[K+]. The predicted octanol–water partition coefficient (Wildman–Crippen LogP) is -0.574. The summed E-state index contributed by atoms with van der Waals surface area (Å²) in [4.78, 5) is 10.7. The van der Waals surface area contributed by atoms with Crippen LogP contribution in [0.4, 0.5) is 12.9 Å². The van der Waals surface area contributed by atoms with Crippen LogP contribution in [0, 0.1) is 5.92 Å². The molecule has 2 unspecified atom stereocenters. The van der Waals surface area contributed by atoms with Gasteiger partial charge in [0, 0.05) is 5.88 Å². The van der Waals surface area contributed by atoms with Gasteiger partial charge in [0.05, 0.1) is 0 Å². The van der Waals surface area contributed by atoms with Gasteiger partial charge in [-0.3, -0.25) is 4.79 Å². The zero-order valence-electron chi connectivity index (χ0n) is 7.27. The minimum absolute atomic E-state index is 0. The summed E-state index contributed by atoms with van der Waals surface area (Å²) < 4.78 is 36.3. The topological polar surface area (TPSA) is 17.1 Å². The summed E-state index contributed by atoms with van der Waals surface area (Å²) in [6.45, 7) is -4.85. The van der Waals surface area contributed by atoms with Gasteiger partial charge in [0.2, 0.25) is 0 Å². The summed E-state index contributed by atoms with van der Waals surface area (Å²) >= 11 is 5.28. The predicted molar refractivity (Wildman–Crippen MR) is 41.3 cm³/mol. The van der Waals surface area contributed by atoms with E-state index in [4.69, 9.17) is 11.6 Å². The second kappa shape index (κ2) is 5.51. The van der Waals surface area contributed by atoms with Crippen LogP contribution >= 0.6 is 11.6 Å². The minimum Gasteiger partial charge on any atom is -0.449 e. The van der Waals surface area contributed by atoms with Crippen LogP contribution in [-0.4, -0.2) is 18.6 Å². The number of Topliss-reactive ketones (excluding diaryl/α,β-unsaturated/α-hetero) is 1. The van der Waals surface area contributed by atoms with E-state index in [-0.39, 0.29) is 75.9 Å². The van der Waals surface area contributed by atoms with Crippen molar-refractivity contribution in [1.82, 2.24) is 0 Å². The van der Waals surface area contributed by atoms with Gasteiger partial charge in [-0.25, -0.2) is 0 Å². The monoisotopic (exact) mass is 238 g/mol. The number of hydrogen-bond acceptors (Lipinski definition) is 1. The molecule has 0 spiro atoms. The molecule has 0 heterocycles. The van der Waals surface area contributed by atoms with E-state index in [1.807, 2.05) is 0 Å². The van der Waals surface area contributed by atoms with Gasteiger partial charge < -0.3 is 12.9 Å². The van der Waals surface area contributed by atoms with Crippen LogP contribution in [0.5, 0.6) is 0 Å². The Bertz CT molecular complexity index is 199. The van der Waals surface area contributed by atoms with Gasteiger partial charge in [-0.05, 0) is 18.8 Å². The molecule has 2 atom stereocenters. The quantitative estimate of drug-likeness (QED) is 0.475. The summed E-state index contributed by atoms with van der Waals surface area (Å²) in [5, 5.41) is 0. The molecule has 0 aromatic rings. The third-order valence-corrected chi connectivity index (χ3v) is 2.49. The number of halogens is 4. The molecule has 1 saturated carbocycles. The van der Waals surface area contributed by atoms with Crippen molar-refractivity contribution in [3.63, 3.8) is 0 Å². The molecule has 70 valence electrons. The van der Waals surface area contributed by atoms with E-state index >= 15 is 0 Å². The van der Waals surface area contributed by atoms with Gasteiger partial charge in [0.1, 0.15) is 5.78 Å². The number of carbonyl (C=O) groups is 1. The van der Waals surface area contributed by atoms with Gasteiger partial charge in [-0.15, -0.1) is 11.6 Å². The van der Waals surface area contributed by atoms with Crippen molar-refractivity contribution in [2.24, 2.45) is 5.92 Å². The van der Waals surface area contributed by atoms with E-state index in [9.17, 15) is 17.7 Å². The average molecular weight is 238 g/mol. The van der Waals surface area contributed by atoms with Gasteiger partial charge in [-0.2, -0.15) is 0 Å². The largest absolute Gasteiger partial charge is 1.00 e. The maximum absolute atomic E-state index is 12.1. The summed E-state index contributed by atoms with van der Waals surface area (Å²) in [7, 11) is 0. The van der Waals surface area contributed by atoms with Crippen molar-refractivity contribution < 1.29 is 69.1 Å². The van der Waals surface area contributed by atoms with Gasteiger partial charge >= 0.3 is 58.4 Å². The van der Waals surface area contributed by atoms with Crippen molar-refractivity contribution in [1.29, 1.82) is 0 Å². The van der Waals surface area contributed by atoms with Crippen LogP contribution < -0.4 is 51.4 Å². The van der Waals surface area contributed by atoms with E-state index in [2.05, 4.69) is 0 Å². The first kappa shape index (κ1) is 14.5. The van der Waals surface area contributed by atoms with Crippen molar-refractivity contribution in [2.45, 2.75) is 18.7 Å². The maximum atomic E-state index is 12.1. The van der Waals surface area contributed by atoms with E-state index in [0.29, 0.717) is 0 Å². The fraction of sp³-hybridized carbons (Fsp3) is 0.833. The molecule has 1 nitrogen and oxygen atoms in total. The molecule has 1 rings (SSSR count). The minimum atomic E-state index is -4.85. The standard InChI is InChI=1S/C6H8BClF3O.K/c8-2-1-4-5(3-6(4)12)7(9,10)11;/h4-5H,1-3H2;/q-1;+1. The van der Waals surface area contributed by atoms with Crippen LogP contribution in [0.15, 0.2) is 0 Å². The second-order valence-electron chi connectivity index (χ2n) is 3.04. The third-order valence-electron chi connectivity index (χ3n) is 2.27. The smallest absolute Gasteiger partial charge is 0.449 e. The molecule has 7 heteroatoms. The van der Waals surface area contributed by atoms with E-state index in [1.54, 1.807) is 0 Å². The van der Waals surface area contributed by atoms with Crippen LogP contribution in [0.1, 0.15) is 12.8 Å². The van der Waals surface area contributed by atoms with E-state index in [1.165, 1.54) is 0 Å². The Morgan fingerprint density at radius 3 is 2.31 bits per heavy atom. The molecule has 0 N–H and O–H groups in total. The molecular weight excluding hydrogens is 230 g/mol. The molecule has 0 radical (unpaired) electrons. The molecule has 1 aliphatic carbocycles. The normalized spacial score (nSPS) is 27.8. The first-order valence-electron chi connectivity index (χ1n) is 3.75. The molecule has 0 bridgehead atoms. The average Bonchev–Trinajstić information content (AvgIpc) is 1.93. The Morgan fingerprint density at radius 2 is 2.00 bits per heavy atom. The fourth-order valence-electron chi connectivity index (χ4n) is 1.49. The molecule has 0 aromatic carbocycles. The number of ketones is 1. The molecule has 0 saturated heterocycles. The number of rotatable bonds is 3. The Balaban J connectivity index is 0.00000144. The zero-order valence-corrected chi connectivity index (χ0v) is 11.2. The first-order chi connectivity index (χ1) is 5.46. The van der Waals surface area contributed by atoms with Crippen LogP contribution in [-0.2, 0) is 4.79 Å².